The lowest BCUT2D eigenvalue weighted by molar-refractivity contribution is 0.0993. The molecule has 5 nitrogen and oxygen atoms in total. The van der Waals surface area contributed by atoms with Crippen LogP contribution in [-0.4, -0.2) is 22.4 Å². The van der Waals surface area contributed by atoms with Gasteiger partial charge in [0, 0.05) is 50.9 Å². The zero-order valence-electron chi connectivity index (χ0n) is 17.7. The number of benzene rings is 2. The van der Waals surface area contributed by atoms with Crippen molar-refractivity contribution in [1.29, 1.82) is 0 Å². The van der Waals surface area contributed by atoms with Crippen LogP contribution in [0.15, 0.2) is 60.9 Å². The number of nitrogens with one attached hydrogen (secondary N) is 1. The normalized spacial score (nSPS) is 12.0. The number of para-hydroxylation sites is 1. The molecule has 2 aromatic carbocycles. The van der Waals surface area contributed by atoms with Gasteiger partial charge in [0.1, 0.15) is 11.8 Å². The van der Waals surface area contributed by atoms with Crippen LogP contribution in [0.3, 0.4) is 0 Å². The van der Waals surface area contributed by atoms with Gasteiger partial charge < -0.3 is 14.5 Å². The molecule has 0 radical (unpaired) electrons. The van der Waals surface area contributed by atoms with E-state index in [9.17, 15) is 4.79 Å². The van der Waals surface area contributed by atoms with E-state index < -0.39 is 0 Å². The molecule has 0 spiro atoms. The molecule has 0 fully saturated rings. The summed E-state index contributed by atoms with van der Waals surface area (Å²) in [5.41, 5.74) is 2.85. The van der Waals surface area contributed by atoms with Crippen molar-refractivity contribution < 1.29 is 14.3 Å². The average molecular weight is 469 g/mol. The van der Waals surface area contributed by atoms with E-state index in [1.165, 1.54) is 0 Å². The van der Waals surface area contributed by atoms with Crippen LogP contribution in [0.25, 0.3) is 11.0 Å². The molecule has 0 aliphatic heterocycles. The molecule has 1 atom stereocenters. The highest BCUT2D eigenvalue weighted by Gasteiger charge is 2.20. The monoisotopic (exact) mass is 468 g/mol. The highest BCUT2D eigenvalue weighted by atomic mass is 35.5. The summed E-state index contributed by atoms with van der Waals surface area (Å²) in [6.07, 6.45) is 3.22. The minimum absolute atomic E-state index is 0.0313. The molecule has 1 N–H and O–H groups in total. The quantitative estimate of drug-likeness (QED) is 0.287. The van der Waals surface area contributed by atoms with E-state index in [1.807, 2.05) is 50.2 Å². The van der Waals surface area contributed by atoms with E-state index in [2.05, 4.69) is 9.97 Å². The van der Waals surface area contributed by atoms with Gasteiger partial charge in [0.05, 0.1) is 6.61 Å². The Morgan fingerprint density at radius 2 is 2.00 bits per heavy atom. The minimum atomic E-state index is -0.343. The summed E-state index contributed by atoms with van der Waals surface area (Å²) in [5, 5.41) is 1.89. The third-order valence-corrected chi connectivity index (χ3v) is 5.72. The topological polar surface area (TPSA) is 64.2 Å². The molecule has 4 rings (SSSR count). The van der Waals surface area contributed by atoms with Crippen LogP contribution >= 0.6 is 23.2 Å². The van der Waals surface area contributed by atoms with Gasteiger partial charge in [-0.15, -0.1) is 0 Å². The van der Waals surface area contributed by atoms with Crippen molar-refractivity contribution in [3.63, 3.8) is 0 Å². The second kappa shape index (κ2) is 9.63. The highest BCUT2D eigenvalue weighted by molar-refractivity contribution is 6.35. The summed E-state index contributed by atoms with van der Waals surface area (Å²) in [6.45, 7) is 4.24. The molecule has 2 heterocycles. The minimum Gasteiger partial charge on any atom is -0.490 e. The molecule has 1 unspecified atom stereocenters. The molecule has 0 saturated heterocycles. The van der Waals surface area contributed by atoms with Crippen molar-refractivity contribution in [2.24, 2.45) is 0 Å². The van der Waals surface area contributed by atoms with Crippen molar-refractivity contribution in [1.82, 2.24) is 9.97 Å². The van der Waals surface area contributed by atoms with Crippen molar-refractivity contribution in [2.45, 2.75) is 26.4 Å². The second-order valence-electron chi connectivity index (χ2n) is 7.31. The van der Waals surface area contributed by atoms with Crippen LogP contribution in [0.1, 0.15) is 41.4 Å². The van der Waals surface area contributed by atoms with Crippen molar-refractivity contribution in [3.05, 3.63) is 87.7 Å². The Labute approximate surface area is 196 Å². The average Bonchev–Trinajstić information content (AvgIpc) is 3.20. The number of nitrogens with zero attached hydrogens (tertiary/aromatic N) is 1. The van der Waals surface area contributed by atoms with Gasteiger partial charge in [-0.25, -0.2) is 4.98 Å². The van der Waals surface area contributed by atoms with Crippen molar-refractivity contribution >= 4 is 40.0 Å². The molecule has 0 saturated carbocycles. The maximum Gasteiger partial charge on any atom is 0.169 e. The first kappa shape index (κ1) is 22.2. The van der Waals surface area contributed by atoms with Gasteiger partial charge in [0.25, 0.3) is 0 Å². The number of fused-ring (bicyclic) bond motifs is 1. The van der Waals surface area contributed by atoms with Gasteiger partial charge in [0.15, 0.2) is 17.3 Å². The van der Waals surface area contributed by atoms with Crippen LogP contribution in [0.2, 0.25) is 10.0 Å². The molecular weight excluding hydrogens is 447 g/mol. The molecule has 2 aromatic heterocycles. The number of H-pyrrole nitrogens is 1. The van der Waals surface area contributed by atoms with E-state index in [0.717, 1.165) is 16.5 Å². The number of hydrogen-bond donors (Lipinski definition) is 1. The number of Topliss-reactive ketones (excluding diaryl/α,β-unsaturated/α-hetero) is 1. The third kappa shape index (κ3) is 4.59. The summed E-state index contributed by atoms with van der Waals surface area (Å²) in [7, 11) is 0. The maximum absolute atomic E-state index is 13.1. The SMILES string of the molecule is CCOc1c(CC(=O)c2c[nH]c3ncccc23)cccc1OC(C)c1ccc(Cl)cc1Cl. The van der Waals surface area contributed by atoms with Gasteiger partial charge in [-0.05, 0) is 44.2 Å². The van der Waals surface area contributed by atoms with E-state index >= 15 is 0 Å². The number of ether oxygens (including phenoxy) is 2. The van der Waals surface area contributed by atoms with Crippen LogP contribution in [0, 0.1) is 0 Å². The van der Waals surface area contributed by atoms with E-state index in [0.29, 0.717) is 39.4 Å². The largest absolute Gasteiger partial charge is 0.490 e. The molecule has 0 amide bonds. The van der Waals surface area contributed by atoms with Crippen LogP contribution < -0.4 is 9.47 Å². The van der Waals surface area contributed by atoms with Crippen LogP contribution in [0.5, 0.6) is 11.5 Å². The van der Waals surface area contributed by atoms with Crippen molar-refractivity contribution in [2.75, 3.05) is 6.61 Å². The predicted molar refractivity (Wildman–Crippen MR) is 127 cm³/mol. The fourth-order valence-corrected chi connectivity index (χ4v) is 4.20. The molecule has 164 valence electrons. The lowest BCUT2D eigenvalue weighted by Gasteiger charge is -2.20. The van der Waals surface area contributed by atoms with E-state index in [4.69, 9.17) is 32.7 Å². The van der Waals surface area contributed by atoms with Gasteiger partial charge in [-0.3, -0.25) is 4.79 Å². The first-order chi connectivity index (χ1) is 15.5. The van der Waals surface area contributed by atoms with Gasteiger partial charge in [-0.1, -0.05) is 41.4 Å². The van der Waals surface area contributed by atoms with Gasteiger partial charge >= 0.3 is 0 Å². The van der Waals surface area contributed by atoms with Gasteiger partial charge in [0.2, 0.25) is 0 Å². The predicted octanol–water partition coefficient (Wildman–Crippen LogP) is 6.83. The molecule has 7 heteroatoms. The second-order valence-corrected chi connectivity index (χ2v) is 8.15. The number of rotatable bonds is 8. The number of aromatic amines is 1. The Bertz CT molecular complexity index is 1270. The molecule has 32 heavy (non-hydrogen) atoms. The van der Waals surface area contributed by atoms with Crippen molar-refractivity contribution in [3.8, 4) is 11.5 Å². The zero-order chi connectivity index (χ0) is 22.7. The first-order valence-electron chi connectivity index (χ1n) is 10.3. The number of aromatic nitrogens is 2. The van der Waals surface area contributed by atoms with E-state index in [-0.39, 0.29) is 18.3 Å². The number of pyridine rings is 1. The Hall–Kier alpha value is -3.02. The third-order valence-electron chi connectivity index (χ3n) is 5.16. The van der Waals surface area contributed by atoms with Crippen LogP contribution in [0.4, 0.5) is 0 Å². The molecule has 0 aliphatic rings. The summed E-state index contributed by atoms with van der Waals surface area (Å²) in [4.78, 5) is 20.4. The highest BCUT2D eigenvalue weighted by Crippen LogP contribution is 2.37. The van der Waals surface area contributed by atoms with E-state index in [1.54, 1.807) is 24.5 Å². The Morgan fingerprint density at radius 1 is 1.16 bits per heavy atom. The maximum atomic E-state index is 13.1. The summed E-state index contributed by atoms with van der Waals surface area (Å²) >= 11 is 12.4. The lowest BCUT2D eigenvalue weighted by atomic mass is 10.0. The smallest absolute Gasteiger partial charge is 0.169 e. The standard InChI is InChI=1S/C25H22Cl2N2O3/c1-3-31-24-16(12-22(30)20-14-29-25-19(20)7-5-11-28-25)6-4-8-23(24)32-15(2)18-10-9-17(26)13-21(18)27/h4-11,13-15H,3,12H2,1-2H3,(H,28,29). The molecular formula is C25H22Cl2N2O3. The Balaban J connectivity index is 1.62. The number of ketones is 1. The molecule has 4 aromatic rings. The number of carbonyl (C=O) groups excluding carboxylic acids is 1. The summed E-state index contributed by atoms with van der Waals surface area (Å²) in [5.74, 6) is 1.07. The lowest BCUT2D eigenvalue weighted by Crippen LogP contribution is -2.09. The fourth-order valence-electron chi connectivity index (χ4n) is 3.64. The zero-order valence-corrected chi connectivity index (χ0v) is 19.2. The molecule has 0 bridgehead atoms. The first-order valence-corrected chi connectivity index (χ1v) is 11.0. The molecule has 0 aliphatic carbocycles. The Morgan fingerprint density at radius 3 is 2.78 bits per heavy atom. The van der Waals surface area contributed by atoms with Crippen LogP contribution in [-0.2, 0) is 6.42 Å². The number of halogens is 2. The number of hydrogen-bond acceptors (Lipinski definition) is 4. The Kier molecular flexibility index (Phi) is 6.68. The van der Waals surface area contributed by atoms with Gasteiger partial charge in [-0.2, -0.15) is 0 Å². The number of carbonyl (C=O) groups is 1. The summed E-state index contributed by atoms with van der Waals surface area (Å²) in [6, 6.07) is 14.6. The fraction of sp³-hybridized carbons (Fsp3) is 0.200. The summed E-state index contributed by atoms with van der Waals surface area (Å²) < 4.78 is 12.1.